The Morgan fingerprint density at radius 2 is 0.786 bits per heavy atom. The van der Waals surface area contributed by atoms with Crippen molar-refractivity contribution in [2.45, 2.75) is 11.1 Å². The first-order valence-corrected chi connectivity index (χ1v) is 14.6. The summed E-state index contributed by atoms with van der Waals surface area (Å²) in [6.07, 6.45) is 0. The molecular weight excluding hydrogens is 508 g/mol. The van der Waals surface area contributed by atoms with Crippen LogP contribution in [0.5, 0.6) is 0 Å². The standard InChI is InChI=1S/C40H34N2/c1-41(2)37-30-18-29-36-38(37)40(33-23-12-5-13-24-33,34-25-14-6-15-26-34)42(35-27-16-7-17-28-35)39(36,31-19-8-3-9-20-31)32-21-10-4-11-22-32/h3-30H,1-2H3. The summed E-state index contributed by atoms with van der Waals surface area (Å²) in [5, 5.41) is 0. The Balaban J connectivity index is 1.79. The molecule has 0 atom stereocenters. The van der Waals surface area contributed by atoms with Crippen molar-refractivity contribution in [1.29, 1.82) is 0 Å². The van der Waals surface area contributed by atoms with E-state index in [-0.39, 0.29) is 0 Å². The van der Waals surface area contributed by atoms with Gasteiger partial charge in [0.2, 0.25) is 0 Å². The Morgan fingerprint density at radius 3 is 1.19 bits per heavy atom. The zero-order valence-corrected chi connectivity index (χ0v) is 24.1. The van der Waals surface area contributed by atoms with Crippen LogP contribution in [0.4, 0.5) is 11.4 Å². The van der Waals surface area contributed by atoms with Crippen LogP contribution in [0.1, 0.15) is 33.4 Å². The van der Waals surface area contributed by atoms with Crippen molar-refractivity contribution in [2.24, 2.45) is 0 Å². The van der Waals surface area contributed by atoms with Gasteiger partial charge in [0.25, 0.3) is 0 Å². The molecule has 0 aliphatic carbocycles. The lowest BCUT2D eigenvalue weighted by Crippen LogP contribution is -2.54. The summed E-state index contributed by atoms with van der Waals surface area (Å²) in [6.45, 7) is 0. The maximum Gasteiger partial charge on any atom is 0.120 e. The lowest BCUT2D eigenvalue weighted by molar-refractivity contribution is 0.496. The van der Waals surface area contributed by atoms with Crippen LogP contribution in [0.2, 0.25) is 0 Å². The molecule has 1 aliphatic heterocycles. The third-order valence-electron chi connectivity index (χ3n) is 8.73. The second kappa shape index (κ2) is 10.4. The molecule has 0 N–H and O–H groups in total. The summed E-state index contributed by atoms with van der Waals surface area (Å²) in [7, 11) is 4.32. The van der Waals surface area contributed by atoms with E-state index in [4.69, 9.17) is 0 Å². The van der Waals surface area contributed by atoms with E-state index in [2.05, 4.69) is 194 Å². The molecule has 42 heavy (non-hydrogen) atoms. The van der Waals surface area contributed by atoms with Crippen molar-refractivity contribution in [3.8, 4) is 0 Å². The molecule has 0 amide bonds. The Hall–Kier alpha value is -5.08. The van der Waals surface area contributed by atoms with E-state index in [1.54, 1.807) is 0 Å². The average molecular weight is 543 g/mol. The molecule has 0 aromatic heterocycles. The molecule has 2 heteroatoms. The van der Waals surface area contributed by atoms with Crippen LogP contribution in [-0.4, -0.2) is 14.1 Å². The van der Waals surface area contributed by atoms with Crippen LogP contribution in [0, 0.1) is 0 Å². The first-order chi connectivity index (χ1) is 20.7. The average Bonchev–Trinajstić information content (AvgIpc) is 3.36. The van der Waals surface area contributed by atoms with Crippen LogP contribution in [0.15, 0.2) is 170 Å². The number of anilines is 2. The van der Waals surface area contributed by atoms with E-state index < -0.39 is 11.1 Å². The molecule has 0 saturated carbocycles. The predicted molar refractivity (Wildman–Crippen MR) is 175 cm³/mol. The molecule has 0 radical (unpaired) electrons. The Bertz CT molecular complexity index is 1700. The van der Waals surface area contributed by atoms with Gasteiger partial charge in [-0.15, -0.1) is 0 Å². The van der Waals surface area contributed by atoms with Gasteiger partial charge < -0.3 is 9.80 Å². The van der Waals surface area contributed by atoms with Gasteiger partial charge in [0, 0.05) is 31.0 Å². The minimum atomic E-state index is -0.661. The fourth-order valence-electron chi connectivity index (χ4n) is 7.21. The summed E-state index contributed by atoms with van der Waals surface area (Å²) in [6, 6.07) is 62.0. The maximum atomic E-state index is 2.70. The molecule has 0 bridgehead atoms. The second-order valence-corrected chi connectivity index (χ2v) is 11.2. The maximum absolute atomic E-state index is 2.70. The van der Waals surface area contributed by atoms with Crippen molar-refractivity contribution in [3.05, 3.63) is 203 Å². The molecular formula is C40H34N2. The van der Waals surface area contributed by atoms with E-state index in [9.17, 15) is 0 Å². The smallest absolute Gasteiger partial charge is 0.120 e. The zero-order valence-electron chi connectivity index (χ0n) is 24.1. The zero-order chi connectivity index (χ0) is 28.6. The lowest BCUT2D eigenvalue weighted by atomic mass is 9.75. The SMILES string of the molecule is CN(C)c1cccc2c1C(c1ccccc1)(c1ccccc1)N(c1ccccc1)C2(c1ccccc1)c1ccccc1. The van der Waals surface area contributed by atoms with Gasteiger partial charge in [-0.3, -0.25) is 0 Å². The van der Waals surface area contributed by atoms with E-state index >= 15 is 0 Å². The quantitative estimate of drug-likeness (QED) is 0.207. The van der Waals surface area contributed by atoms with Gasteiger partial charge >= 0.3 is 0 Å². The molecule has 0 fully saturated rings. The van der Waals surface area contributed by atoms with Crippen molar-refractivity contribution >= 4 is 11.4 Å². The number of hydrogen-bond acceptors (Lipinski definition) is 2. The summed E-state index contributed by atoms with van der Waals surface area (Å²) < 4.78 is 0. The van der Waals surface area contributed by atoms with Crippen molar-refractivity contribution in [3.63, 3.8) is 0 Å². The fraction of sp³-hybridized carbons (Fsp3) is 0.100. The topological polar surface area (TPSA) is 6.48 Å². The van der Waals surface area contributed by atoms with Gasteiger partial charge in [-0.1, -0.05) is 152 Å². The minimum absolute atomic E-state index is 0.642. The first-order valence-electron chi connectivity index (χ1n) is 14.6. The fourth-order valence-corrected chi connectivity index (χ4v) is 7.21. The number of nitrogens with zero attached hydrogens (tertiary/aromatic N) is 2. The monoisotopic (exact) mass is 542 g/mol. The summed E-state index contributed by atoms with van der Waals surface area (Å²) >= 11 is 0. The number of para-hydroxylation sites is 1. The lowest BCUT2D eigenvalue weighted by Gasteiger charge is -2.51. The number of rotatable bonds is 6. The van der Waals surface area contributed by atoms with E-state index in [1.165, 1.54) is 39.1 Å². The van der Waals surface area contributed by atoms with Gasteiger partial charge in [0.1, 0.15) is 11.1 Å². The number of fused-ring (bicyclic) bond motifs is 1. The van der Waals surface area contributed by atoms with Crippen LogP contribution in [0.25, 0.3) is 0 Å². The predicted octanol–water partition coefficient (Wildman–Crippen LogP) is 8.86. The Labute approximate surface area is 249 Å². The second-order valence-electron chi connectivity index (χ2n) is 11.2. The molecule has 0 unspecified atom stereocenters. The van der Waals surface area contributed by atoms with E-state index in [0.29, 0.717) is 0 Å². The molecule has 2 nitrogen and oxygen atoms in total. The molecule has 6 aromatic rings. The van der Waals surface area contributed by atoms with Gasteiger partial charge in [0.15, 0.2) is 0 Å². The van der Waals surface area contributed by atoms with Crippen LogP contribution < -0.4 is 9.80 Å². The Morgan fingerprint density at radius 1 is 0.405 bits per heavy atom. The van der Waals surface area contributed by atoms with Crippen molar-refractivity contribution < 1.29 is 0 Å². The largest absolute Gasteiger partial charge is 0.377 e. The normalized spacial score (nSPS) is 14.8. The molecule has 7 rings (SSSR count). The molecule has 204 valence electrons. The number of benzene rings is 6. The molecule has 0 saturated heterocycles. The summed E-state index contributed by atoms with van der Waals surface area (Å²) in [5.74, 6) is 0. The minimum Gasteiger partial charge on any atom is -0.377 e. The third-order valence-corrected chi connectivity index (χ3v) is 8.73. The van der Waals surface area contributed by atoms with Gasteiger partial charge in [0.05, 0.1) is 0 Å². The summed E-state index contributed by atoms with van der Waals surface area (Å²) in [4.78, 5) is 4.97. The highest BCUT2D eigenvalue weighted by molar-refractivity contribution is 5.82. The molecule has 6 aromatic carbocycles. The van der Waals surface area contributed by atoms with Crippen molar-refractivity contribution in [1.82, 2.24) is 0 Å². The molecule has 0 spiro atoms. The highest BCUT2D eigenvalue weighted by Crippen LogP contribution is 2.64. The molecule has 1 heterocycles. The van der Waals surface area contributed by atoms with Crippen LogP contribution in [0.3, 0.4) is 0 Å². The Kier molecular flexibility index (Phi) is 6.40. The van der Waals surface area contributed by atoms with Crippen LogP contribution >= 0.6 is 0 Å². The number of hydrogen-bond donors (Lipinski definition) is 0. The third kappa shape index (κ3) is 3.65. The van der Waals surface area contributed by atoms with E-state index in [0.717, 1.165) is 5.69 Å². The first kappa shape index (κ1) is 25.9. The van der Waals surface area contributed by atoms with Crippen LogP contribution in [-0.2, 0) is 11.1 Å². The highest BCUT2D eigenvalue weighted by atomic mass is 15.3. The van der Waals surface area contributed by atoms with Gasteiger partial charge in [-0.25, -0.2) is 0 Å². The van der Waals surface area contributed by atoms with Crippen molar-refractivity contribution in [2.75, 3.05) is 23.9 Å². The highest BCUT2D eigenvalue weighted by Gasteiger charge is 2.62. The summed E-state index contributed by atoms with van der Waals surface area (Å²) in [5.41, 5.74) is 8.54. The van der Waals surface area contributed by atoms with E-state index in [1.807, 2.05) is 0 Å². The van der Waals surface area contributed by atoms with Gasteiger partial charge in [-0.05, 0) is 46.0 Å². The molecule has 1 aliphatic rings. The van der Waals surface area contributed by atoms with Gasteiger partial charge in [-0.2, -0.15) is 0 Å².